The van der Waals surface area contributed by atoms with Crippen molar-refractivity contribution in [2.24, 2.45) is 16.5 Å². The van der Waals surface area contributed by atoms with E-state index in [-0.39, 0.29) is 11.9 Å². The number of amides is 2. The van der Waals surface area contributed by atoms with E-state index < -0.39 is 29.2 Å². The molecule has 0 unspecified atom stereocenters. The van der Waals surface area contributed by atoms with Gasteiger partial charge in [-0.15, -0.1) is 0 Å². The SMILES string of the molecule is C=C1N=C(NC(=O)Nc2cc(F)c(F)cc2F)NC=C1c1ccc(CN(CCCN)CCCN(C)C(=N)N)cc1. The van der Waals surface area contributed by atoms with Gasteiger partial charge in [-0.05, 0) is 37.1 Å². The maximum absolute atomic E-state index is 13.8. The van der Waals surface area contributed by atoms with E-state index >= 15 is 0 Å². The number of urea groups is 1. The molecule has 40 heavy (non-hydrogen) atoms. The van der Waals surface area contributed by atoms with E-state index in [9.17, 15) is 18.0 Å². The summed E-state index contributed by atoms with van der Waals surface area (Å²) >= 11 is 0. The summed E-state index contributed by atoms with van der Waals surface area (Å²) in [6.45, 7) is 7.68. The molecule has 0 aliphatic carbocycles. The highest BCUT2D eigenvalue weighted by Gasteiger charge is 2.17. The first-order chi connectivity index (χ1) is 19.1. The second-order valence-corrected chi connectivity index (χ2v) is 9.21. The first-order valence-electron chi connectivity index (χ1n) is 12.6. The molecule has 2 amide bonds. The highest BCUT2D eigenvalue weighted by Crippen LogP contribution is 2.25. The van der Waals surface area contributed by atoms with Crippen molar-refractivity contribution in [3.05, 3.63) is 83.5 Å². The van der Waals surface area contributed by atoms with Crippen LogP contribution in [0.4, 0.5) is 23.7 Å². The molecule has 0 saturated heterocycles. The number of guanidine groups is 2. The number of nitrogens with one attached hydrogen (secondary N) is 4. The topological polar surface area (TPSA) is 148 Å². The van der Waals surface area contributed by atoms with Crippen LogP contribution in [-0.4, -0.2) is 61.0 Å². The molecule has 0 bridgehead atoms. The molecule has 0 atom stereocenters. The highest BCUT2D eigenvalue weighted by molar-refractivity contribution is 6.05. The Hall–Kier alpha value is -4.36. The Morgan fingerprint density at radius 1 is 1.05 bits per heavy atom. The smallest absolute Gasteiger partial charge is 0.326 e. The predicted octanol–water partition coefficient (Wildman–Crippen LogP) is 3.11. The van der Waals surface area contributed by atoms with E-state index in [0.717, 1.165) is 43.6 Å². The number of allylic oxidation sites excluding steroid dienone is 1. The van der Waals surface area contributed by atoms with E-state index in [2.05, 4.69) is 32.4 Å². The van der Waals surface area contributed by atoms with Gasteiger partial charge in [0.25, 0.3) is 0 Å². The van der Waals surface area contributed by atoms with Crippen LogP contribution < -0.4 is 27.4 Å². The van der Waals surface area contributed by atoms with Crippen LogP contribution in [0.3, 0.4) is 0 Å². The Balaban J connectivity index is 1.56. The molecule has 0 fully saturated rings. The van der Waals surface area contributed by atoms with Crippen molar-refractivity contribution in [3.8, 4) is 0 Å². The quantitative estimate of drug-likeness (QED) is 0.142. The lowest BCUT2D eigenvalue weighted by molar-refractivity contribution is 0.252. The van der Waals surface area contributed by atoms with Crippen LogP contribution in [-0.2, 0) is 6.54 Å². The van der Waals surface area contributed by atoms with E-state index in [0.29, 0.717) is 36.5 Å². The van der Waals surface area contributed by atoms with Crippen molar-refractivity contribution in [1.29, 1.82) is 5.41 Å². The van der Waals surface area contributed by atoms with Gasteiger partial charge in [0.1, 0.15) is 5.82 Å². The molecule has 2 aromatic carbocycles. The molecular formula is C27H34F3N9O. The van der Waals surface area contributed by atoms with Crippen molar-refractivity contribution >= 4 is 29.2 Å². The predicted molar refractivity (Wildman–Crippen MR) is 151 cm³/mol. The Morgan fingerprint density at radius 2 is 1.73 bits per heavy atom. The second kappa shape index (κ2) is 14.1. The zero-order valence-corrected chi connectivity index (χ0v) is 22.2. The van der Waals surface area contributed by atoms with E-state index in [1.165, 1.54) is 0 Å². The third kappa shape index (κ3) is 8.58. The number of carbonyl (C=O) groups is 1. The van der Waals surface area contributed by atoms with E-state index in [4.69, 9.17) is 16.9 Å². The molecule has 1 aliphatic heterocycles. The standard InChI is InChI=1S/C27H34F3N9O/c1-17-20(15-34-26(35-17)37-27(40)36-24-14-22(29)21(28)13-23(24)30)19-7-5-18(6-8-19)16-39(11-3-9-31)12-4-10-38(2)25(32)33/h5-8,13-15H,1,3-4,9-12,16,31H2,2H3,(H3,32,33)(H3,34,35,36,37,40). The Labute approximate surface area is 231 Å². The summed E-state index contributed by atoms with van der Waals surface area (Å²) in [6.07, 6.45) is 3.36. The van der Waals surface area contributed by atoms with Gasteiger partial charge in [0.15, 0.2) is 17.6 Å². The van der Waals surface area contributed by atoms with Gasteiger partial charge in [0.05, 0.1) is 11.4 Å². The minimum Gasteiger partial charge on any atom is -0.370 e. The molecule has 1 aliphatic rings. The number of hydrogen-bond donors (Lipinski definition) is 6. The number of aliphatic imine (C=N–C) groups is 1. The highest BCUT2D eigenvalue weighted by atomic mass is 19.2. The lowest BCUT2D eigenvalue weighted by atomic mass is 10.0. The average Bonchev–Trinajstić information content (AvgIpc) is 2.90. The first-order valence-corrected chi connectivity index (χ1v) is 12.6. The fourth-order valence-corrected chi connectivity index (χ4v) is 3.93. The lowest BCUT2D eigenvalue weighted by Gasteiger charge is -2.24. The van der Waals surface area contributed by atoms with Crippen molar-refractivity contribution in [1.82, 2.24) is 20.4 Å². The molecule has 3 rings (SSSR count). The zero-order chi connectivity index (χ0) is 29.2. The van der Waals surface area contributed by atoms with E-state index in [1.54, 1.807) is 18.1 Å². The number of anilines is 1. The van der Waals surface area contributed by atoms with Gasteiger partial charge >= 0.3 is 6.03 Å². The fourth-order valence-electron chi connectivity index (χ4n) is 3.93. The lowest BCUT2D eigenvalue weighted by Crippen LogP contribution is -2.42. The fraction of sp³-hybridized carbons (Fsp3) is 0.296. The number of benzene rings is 2. The van der Waals surface area contributed by atoms with Crippen LogP contribution in [0.1, 0.15) is 24.0 Å². The third-order valence-corrected chi connectivity index (χ3v) is 6.13. The van der Waals surface area contributed by atoms with Crippen LogP contribution in [0.15, 0.2) is 59.9 Å². The van der Waals surface area contributed by atoms with Crippen molar-refractivity contribution < 1.29 is 18.0 Å². The summed E-state index contributed by atoms with van der Waals surface area (Å²) in [5.41, 5.74) is 13.8. The van der Waals surface area contributed by atoms with Crippen LogP contribution in [0, 0.1) is 22.9 Å². The van der Waals surface area contributed by atoms with Crippen LogP contribution in [0.2, 0.25) is 0 Å². The Bertz CT molecular complexity index is 1290. The minimum atomic E-state index is -1.36. The summed E-state index contributed by atoms with van der Waals surface area (Å²) in [6, 6.07) is 7.92. The average molecular weight is 558 g/mol. The van der Waals surface area contributed by atoms with Gasteiger partial charge in [0.2, 0.25) is 5.96 Å². The number of nitrogens with zero attached hydrogens (tertiary/aromatic N) is 3. The largest absolute Gasteiger partial charge is 0.370 e. The number of carbonyl (C=O) groups excluding carboxylic acids is 1. The van der Waals surface area contributed by atoms with Gasteiger partial charge in [-0.25, -0.2) is 23.0 Å². The number of rotatable bonds is 11. The number of hydrogen-bond acceptors (Lipinski definition) is 6. The Kier molecular flexibility index (Phi) is 10.7. The van der Waals surface area contributed by atoms with Crippen LogP contribution in [0.5, 0.6) is 0 Å². The molecule has 8 N–H and O–H groups in total. The van der Waals surface area contributed by atoms with Crippen molar-refractivity contribution in [3.63, 3.8) is 0 Å². The normalized spacial score (nSPS) is 12.9. The van der Waals surface area contributed by atoms with Crippen LogP contribution in [0.25, 0.3) is 5.57 Å². The Morgan fingerprint density at radius 3 is 2.38 bits per heavy atom. The summed E-state index contributed by atoms with van der Waals surface area (Å²) in [5.74, 6) is -3.70. The molecule has 2 aromatic rings. The monoisotopic (exact) mass is 557 g/mol. The van der Waals surface area contributed by atoms with Gasteiger partial charge in [0, 0.05) is 50.6 Å². The van der Waals surface area contributed by atoms with Gasteiger partial charge in [-0.1, -0.05) is 30.8 Å². The van der Waals surface area contributed by atoms with Gasteiger partial charge in [-0.3, -0.25) is 15.6 Å². The number of nitrogens with two attached hydrogens (primary N) is 2. The molecule has 0 saturated carbocycles. The van der Waals surface area contributed by atoms with Crippen molar-refractivity contribution in [2.45, 2.75) is 19.4 Å². The minimum absolute atomic E-state index is 0.0248. The number of halogens is 3. The molecule has 0 radical (unpaired) electrons. The maximum atomic E-state index is 13.8. The van der Waals surface area contributed by atoms with E-state index in [1.807, 2.05) is 24.3 Å². The molecule has 13 heteroatoms. The van der Waals surface area contributed by atoms with Gasteiger partial charge in [-0.2, -0.15) is 0 Å². The second-order valence-electron chi connectivity index (χ2n) is 9.21. The van der Waals surface area contributed by atoms with Crippen LogP contribution >= 0.6 is 0 Å². The zero-order valence-electron chi connectivity index (χ0n) is 22.2. The molecule has 214 valence electrons. The molecular weight excluding hydrogens is 523 g/mol. The summed E-state index contributed by atoms with van der Waals surface area (Å²) in [4.78, 5) is 20.5. The third-order valence-electron chi connectivity index (χ3n) is 6.13. The molecule has 10 nitrogen and oxygen atoms in total. The summed E-state index contributed by atoms with van der Waals surface area (Å²) < 4.78 is 40.3. The molecule has 1 heterocycles. The van der Waals surface area contributed by atoms with Gasteiger partial charge < -0.3 is 27.0 Å². The summed E-state index contributed by atoms with van der Waals surface area (Å²) in [5, 5.41) is 14.8. The summed E-state index contributed by atoms with van der Waals surface area (Å²) in [7, 11) is 1.79. The van der Waals surface area contributed by atoms with Crippen molar-refractivity contribution in [2.75, 3.05) is 38.5 Å². The molecule has 0 aromatic heterocycles. The maximum Gasteiger partial charge on any atom is 0.326 e. The molecule has 0 spiro atoms. The first kappa shape index (κ1) is 30.2.